The number of nitrogens with two attached hydrogens (primary N) is 1. The zero-order valence-corrected chi connectivity index (χ0v) is 9.07. The molecule has 1 amide bonds. The van der Waals surface area contributed by atoms with Crippen LogP contribution in [0.5, 0.6) is 0 Å². The fourth-order valence-corrected chi connectivity index (χ4v) is 1.64. The Morgan fingerprint density at radius 2 is 2.38 bits per heavy atom. The summed E-state index contributed by atoms with van der Waals surface area (Å²) in [6.07, 6.45) is 2.75. The normalized spacial score (nSPS) is 10.0. The van der Waals surface area contributed by atoms with Crippen LogP contribution in [0.2, 0.25) is 0 Å². The van der Waals surface area contributed by atoms with E-state index in [-0.39, 0.29) is 17.4 Å². The second-order valence-corrected chi connectivity index (χ2v) is 3.71. The Hall–Kier alpha value is -2.02. The Morgan fingerprint density at radius 3 is 3.06 bits per heavy atom. The molecule has 0 saturated carbocycles. The highest BCUT2D eigenvalue weighted by Gasteiger charge is 2.07. The standard InChI is InChI=1S/C9H9N5OS/c10-8-3-11-2-7(14-8)9(15)12-1-6-4-16-5-13-6/h2-5H,1H2,(H2,10,14)(H,12,15). The van der Waals surface area contributed by atoms with E-state index in [1.54, 1.807) is 5.51 Å². The van der Waals surface area contributed by atoms with Crippen molar-refractivity contribution in [2.75, 3.05) is 5.73 Å². The molecular formula is C9H9N5OS. The smallest absolute Gasteiger partial charge is 0.271 e. The number of nitrogens with zero attached hydrogens (tertiary/aromatic N) is 3. The van der Waals surface area contributed by atoms with E-state index in [9.17, 15) is 4.79 Å². The van der Waals surface area contributed by atoms with Gasteiger partial charge >= 0.3 is 0 Å². The van der Waals surface area contributed by atoms with Crippen LogP contribution in [-0.2, 0) is 6.54 Å². The molecule has 0 aliphatic heterocycles. The van der Waals surface area contributed by atoms with Gasteiger partial charge in [0.2, 0.25) is 0 Å². The van der Waals surface area contributed by atoms with Crippen molar-refractivity contribution in [2.45, 2.75) is 6.54 Å². The number of anilines is 1. The lowest BCUT2D eigenvalue weighted by molar-refractivity contribution is 0.0945. The van der Waals surface area contributed by atoms with E-state index in [2.05, 4.69) is 20.3 Å². The summed E-state index contributed by atoms with van der Waals surface area (Å²) in [5, 5.41) is 4.54. The monoisotopic (exact) mass is 235 g/mol. The zero-order valence-electron chi connectivity index (χ0n) is 8.25. The van der Waals surface area contributed by atoms with Gasteiger partial charge in [0.25, 0.3) is 5.91 Å². The third kappa shape index (κ3) is 2.51. The first-order valence-corrected chi connectivity index (χ1v) is 5.43. The van der Waals surface area contributed by atoms with Gasteiger partial charge in [-0.15, -0.1) is 11.3 Å². The molecule has 0 unspecified atom stereocenters. The molecule has 2 aromatic heterocycles. The second-order valence-electron chi connectivity index (χ2n) is 2.99. The van der Waals surface area contributed by atoms with Crippen molar-refractivity contribution in [1.29, 1.82) is 0 Å². The predicted molar refractivity (Wildman–Crippen MR) is 59.7 cm³/mol. The van der Waals surface area contributed by atoms with E-state index < -0.39 is 0 Å². The number of carbonyl (C=O) groups excluding carboxylic acids is 1. The summed E-state index contributed by atoms with van der Waals surface area (Å²) in [6.45, 7) is 0.374. The molecule has 0 saturated heterocycles. The van der Waals surface area contributed by atoms with E-state index in [1.165, 1.54) is 23.7 Å². The van der Waals surface area contributed by atoms with Crippen LogP contribution in [0.4, 0.5) is 5.82 Å². The fraction of sp³-hybridized carbons (Fsp3) is 0.111. The van der Waals surface area contributed by atoms with Crippen molar-refractivity contribution >= 4 is 23.1 Å². The number of rotatable bonds is 3. The lowest BCUT2D eigenvalue weighted by Crippen LogP contribution is -2.24. The number of thiazole rings is 1. The van der Waals surface area contributed by atoms with Gasteiger partial charge in [-0.3, -0.25) is 9.78 Å². The maximum absolute atomic E-state index is 11.6. The highest BCUT2D eigenvalue weighted by Crippen LogP contribution is 2.01. The lowest BCUT2D eigenvalue weighted by Gasteiger charge is -2.02. The van der Waals surface area contributed by atoms with Crippen molar-refractivity contribution < 1.29 is 4.79 Å². The Bertz CT molecular complexity index is 484. The molecule has 0 radical (unpaired) electrons. The van der Waals surface area contributed by atoms with Gasteiger partial charge in [-0.05, 0) is 0 Å². The molecule has 6 nitrogen and oxygen atoms in total. The van der Waals surface area contributed by atoms with Gasteiger partial charge in [-0.25, -0.2) is 9.97 Å². The van der Waals surface area contributed by atoms with Crippen LogP contribution < -0.4 is 11.1 Å². The first-order chi connectivity index (χ1) is 7.75. The number of amides is 1. The number of nitrogens with one attached hydrogen (secondary N) is 1. The number of aromatic nitrogens is 3. The first-order valence-electron chi connectivity index (χ1n) is 4.48. The van der Waals surface area contributed by atoms with Crippen molar-refractivity contribution in [3.63, 3.8) is 0 Å². The summed E-state index contributed by atoms with van der Waals surface area (Å²) < 4.78 is 0. The number of carbonyl (C=O) groups is 1. The number of hydrogen-bond acceptors (Lipinski definition) is 6. The topological polar surface area (TPSA) is 93.8 Å². The van der Waals surface area contributed by atoms with Gasteiger partial charge in [0.15, 0.2) is 0 Å². The van der Waals surface area contributed by atoms with Crippen LogP contribution in [0, 0.1) is 0 Å². The molecule has 82 valence electrons. The summed E-state index contributed by atoms with van der Waals surface area (Å²) in [5.41, 5.74) is 8.15. The molecule has 2 aromatic rings. The molecule has 0 aromatic carbocycles. The van der Waals surface area contributed by atoms with E-state index >= 15 is 0 Å². The lowest BCUT2D eigenvalue weighted by atomic mass is 10.4. The van der Waals surface area contributed by atoms with Gasteiger partial charge in [0.05, 0.1) is 30.1 Å². The van der Waals surface area contributed by atoms with E-state index in [4.69, 9.17) is 5.73 Å². The minimum absolute atomic E-state index is 0.204. The minimum atomic E-state index is -0.312. The van der Waals surface area contributed by atoms with Crippen molar-refractivity contribution in [2.24, 2.45) is 0 Å². The predicted octanol–water partition coefficient (Wildman–Crippen LogP) is 0.445. The third-order valence-electron chi connectivity index (χ3n) is 1.80. The quantitative estimate of drug-likeness (QED) is 0.805. The molecule has 2 heterocycles. The molecule has 0 spiro atoms. The zero-order chi connectivity index (χ0) is 11.4. The Labute approximate surface area is 95.6 Å². The van der Waals surface area contributed by atoms with Gasteiger partial charge in [0, 0.05) is 5.38 Å². The molecule has 0 fully saturated rings. The Kier molecular flexibility index (Phi) is 3.06. The van der Waals surface area contributed by atoms with Gasteiger partial charge in [0.1, 0.15) is 11.5 Å². The van der Waals surface area contributed by atoms with E-state index in [1.807, 2.05) is 5.38 Å². The average Bonchev–Trinajstić information content (AvgIpc) is 2.78. The summed E-state index contributed by atoms with van der Waals surface area (Å²) in [5.74, 6) is -0.0888. The van der Waals surface area contributed by atoms with Crippen LogP contribution in [0.15, 0.2) is 23.3 Å². The van der Waals surface area contributed by atoms with Crippen LogP contribution in [0.3, 0.4) is 0 Å². The Balaban J connectivity index is 1.98. The van der Waals surface area contributed by atoms with E-state index in [0.717, 1.165) is 5.69 Å². The fourth-order valence-electron chi connectivity index (χ4n) is 1.08. The van der Waals surface area contributed by atoms with Gasteiger partial charge in [-0.1, -0.05) is 0 Å². The summed E-state index contributed by atoms with van der Waals surface area (Å²) in [7, 11) is 0. The molecule has 0 aliphatic carbocycles. The van der Waals surface area contributed by atoms with Gasteiger partial charge in [-0.2, -0.15) is 0 Å². The summed E-state index contributed by atoms with van der Waals surface area (Å²) in [4.78, 5) is 23.3. The molecule has 0 bridgehead atoms. The Morgan fingerprint density at radius 1 is 1.50 bits per heavy atom. The number of hydrogen-bond donors (Lipinski definition) is 2. The van der Waals surface area contributed by atoms with Crippen molar-refractivity contribution in [3.8, 4) is 0 Å². The maximum Gasteiger partial charge on any atom is 0.271 e. The molecule has 0 aliphatic rings. The molecule has 2 rings (SSSR count). The van der Waals surface area contributed by atoms with Gasteiger partial charge < -0.3 is 11.1 Å². The molecule has 0 atom stereocenters. The molecule has 16 heavy (non-hydrogen) atoms. The maximum atomic E-state index is 11.6. The SMILES string of the molecule is Nc1cncc(C(=O)NCc2cscn2)n1. The number of nitrogen functional groups attached to an aromatic ring is 1. The van der Waals surface area contributed by atoms with Crippen LogP contribution in [0.25, 0.3) is 0 Å². The van der Waals surface area contributed by atoms with Crippen LogP contribution >= 0.6 is 11.3 Å². The average molecular weight is 235 g/mol. The van der Waals surface area contributed by atoms with Crippen molar-refractivity contribution in [1.82, 2.24) is 20.3 Å². The highest BCUT2D eigenvalue weighted by atomic mass is 32.1. The van der Waals surface area contributed by atoms with Crippen LogP contribution in [0.1, 0.15) is 16.2 Å². The highest BCUT2D eigenvalue weighted by molar-refractivity contribution is 7.07. The van der Waals surface area contributed by atoms with Crippen LogP contribution in [-0.4, -0.2) is 20.9 Å². The minimum Gasteiger partial charge on any atom is -0.382 e. The second kappa shape index (κ2) is 4.67. The largest absolute Gasteiger partial charge is 0.382 e. The van der Waals surface area contributed by atoms with Crippen molar-refractivity contribution in [3.05, 3.63) is 34.7 Å². The molecule has 3 N–H and O–H groups in total. The summed E-state index contributed by atoms with van der Waals surface area (Å²) in [6, 6.07) is 0. The first kappa shape index (κ1) is 10.5. The molecular weight excluding hydrogens is 226 g/mol. The summed E-state index contributed by atoms with van der Waals surface area (Å²) >= 11 is 1.48. The third-order valence-corrected chi connectivity index (χ3v) is 2.43. The molecule has 7 heteroatoms. The van der Waals surface area contributed by atoms with E-state index in [0.29, 0.717) is 6.54 Å².